The minimum Gasteiger partial charge on any atom is -0.383 e. The number of hydrogen-bond donors (Lipinski definition) is 1. The minimum absolute atomic E-state index is 0.0696. The van der Waals surface area contributed by atoms with Gasteiger partial charge < -0.3 is 24.3 Å². The number of hydrogen-bond acceptors (Lipinski definition) is 5. The van der Waals surface area contributed by atoms with Crippen LogP contribution in [0.15, 0.2) is 34.3 Å². The van der Waals surface area contributed by atoms with Crippen molar-refractivity contribution in [3.63, 3.8) is 0 Å². The van der Waals surface area contributed by atoms with Gasteiger partial charge in [0, 0.05) is 48.3 Å². The molecule has 1 fully saturated rings. The fraction of sp³-hybridized carbons (Fsp3) is 0.391. The van der Waals surface area contributed by atoms with Crippen molar-refractivity contribution in [3.05, 3.63) is 51.3 Å². The SMILES string of the molecule is COCCNC(=O)C(C#N)=Cc1cc(C)n(-c2ccc(N3CCOCC3)c(Br)c2)c1C. The second kappa shape index (κ2) is 10.6. The number of carbonyl (C=O) groups is 1. The molecular weight excluding hydrogens is 460 g/mol. The third-order valence-corrected chi connectivity index (χ3v) is 5.90. The molecule has 3 rings (SSSR count). The lowest BCUT2D eigenvalue weighted by molar-refractivity contribution is -0.117. The van der Waals surface area contributed by atoms with Crippen molar-refractivity contribution in [1.82, 2.24) is 9.88 Å². The van der Waals surface area contributed by atoms with Crippen LogP contribution in [0, 0.1) is 25.2 Å². The average Bonchev–Trinajstić information content (AvgIpc) is 3.05. The molecule has 0 unspecified atom stereocenters. The summed E-state index contributed by atoms with van der Waals surface area (Å²) in [6.07, 6.45) is 1.64. The number of halogens is 1. The summed E-state index contributed by atoms with van der Waals surface area (Å²) in [5.41, 5.74) is 5.05. The van der Waals surface area contributed by atoms with Gasteiger partial charge in [0.1, 0.15) is 11.6 Å². The number of rotatable bonds is 7. The Balaban J connectivity index is 1.88. The highest BCUT2D eigenvalue weighted by Gasteiger charge is 2.17. The molecule has 2 heterocycles. The first-order valence-electron chi connectivity index (χ1n) is 10.2. The summed E-state index contributed by atoms with van der Waals surface area (Å²) in [6.45, 7) is 7.97. The van der Waals surface area contributed by atoms with Gasteiger partial charge in [-0.15, -0.1) is 0 Å². The van der Waals surface area contributed by atoms with Crippen LogP contribution >= 0.6 is 15.9 Å². The number of amides is 1. The van der Waals surface area contributed by atoms with Gasteiger partial charge in [-0.3, -0.25) is 4.79 Å². The number of methoxy groups -OCH3 is 1. The Kier molecular flexibility index (Phi) is 7.91. The zero-order chi connectivity index (χ0) is 22.4. The van der Waals surface area contributed by atoms with Gasteiger partial charge in [-0.05, 0) is 65.7 Å². The Bertz CT molecular complexity index is 1020. The van der Waals surface area contributed by atoms with Crippen molar-refractivity contribution >= 4 is 33.6 Å². The van der Waals surface area contributed by atoms with Gasteiger partial charge in [-0.25, -0.2) is 0 Å². The number of nitrogens with one attached hydrogen (secondary N) is 1. The van der Waals surface area contributed by atoms with Gasteiger partial charge in [0.05, 0.1) is 25.5 Å². The van der Waals surface area contributed by atoms with Crippen molar-refractivity contribution < 1.29 is 14.3 Å². The Morgan fingerprint density at radius 1 is 1.32 bits per heavy atom. The van der Waals surface area contributed by atoms with Crippen molar-refractivity contribution in [2.45, 2.75) is 13.8 Å². The Hall–Kier alpha value is -2.60. The molecule has 1 aromatic heterocycles. The highest BCUT2D eigenvalue weighted by Crippen LogP contribution is 2.31. The predicted molar refractivity (Wildman–Crippen MR) is 124 cm³/mol. The average molecular weight is 487 g/mol. The number of nitriles is 1. The Labute approximate surface area is 191 Å². The lowest BCUT2D eigenvalue weighted by Crippen LogP contribution is -2.36. The Morgan fingerprint density at radius 3 is 2.71 bits per heavy atom. The zero-order valence-electron chi connectivity index (χ0n) is 18.1. The second-order valence-electron chi connectivity index (χ2n) is 7.32. The van der Waals surface area contributed by atoms with Gasteiger partial charge in [0.15, 0.2) is 0 Å². The number of morpholine rings is 1. The molecule has 0 radical (unpaired) electrons. The van der Waals surface area contributed by atoms with E-state index in [-0.39, 0.29) is 5.57 Å². The van der Waals surface area contributed by atoms with Crippen LogP contribution < -0.4 is 10.2 Å². The molecule has 0 spiro atoms. The second-order valence-corrected chi connectivity index (χ2v) is 8.17. The van der Waals surface area contributed by atoms with Crippen LogP contribution in [0.1, 0.15) is 17.0 Å². The first kappa shape index (κ1) is 23.1. The molecule has 2 aromatic rings. The first-order valence-corrected chi connectivity index (χ1v) is 11.0. The Morgan fingerprint density at radius 2 is 2.06 bits per heavy atom. The molecule has 0 saturated carbocycles. The molecule has 1 saturated heterocycles. The molecule has 7 nitrogen and oxygen atoms in total. The van der Waals surface area contributed by atoms with Crippen LogP contribution in [0.4, 0.5) is 5.69 Å². The van der Waals surface area contributed by atoms with Crippen molar-refractivity contribution in [2.75, 3.05) is 51.5 Å². The van der Waals surface area contributed by atoms with Crippen LogP contribution in [-0.4, -0.2) is 57.0 Å². The highest BCUT2D eigenvalue weighted by molar-refractivity contribution is 9.10. The van der Waals surface area contributed by atoms with Crippen LogP contribution in [-0.2, 0) is 14.3 Å². The van der Waals surface area contributed by atoms with E-state index in [1.807, 2.05) is 26.0 Å². The summed E-state index contributed by atoms with van der Waals surface area (Å²) in [5.74, 6) is -0.401. The monoisotopic (exact) mass is 486 g/mol. The molecular formula is C23H27BrN4O3. The summed E-state index contributed by atoms with van der Waals surface area (Å²) >= 11 is 3.72. The molecule has 1 amide bonds. The zero-order valence-corrected chi connectivity index (χ0v) is 19.7. The lowest BCUT2D eigenvalue weighted by atomic mass is 10.1. The maximum atomic E-state index is 12.3. The summed E-state index contributed by atoms with van der Waals surface area (Å²) in [6, 6.07) is 10.3. The number of aryl methyl sites for hydroxylation is 1. The smallest absolute Gasteiger partial charge is 0.262 e. The lowest BCUT2D eigenvalue weighted by Gasteiger charge is -2.30. The molecule has 0 atom stereocenters. The van der Waals surface area contributed by atoms with Gasteiger partial charge in [-0.1, -0.05) is 0 Å². The largest absolute Gasteiger partial charge is 0.383 e. The predicted octanol–water partition coefficient (Wildman–Crippen LogP) is 3.36. The number of aromatic nitrogens is 1. The molecule has 0 aliphatic carbocycles. The van der Waals surface area contributed by atoms with Crippen LogP contribution in [0.2, 0.25) is 0 Å². The summed E-state index contributed by atoms with van der Waals surface area (Å²) < 4.78 is 13.5. The summed E-state index contributed by atoms with van der Waals surface area (Å²) in [5, 5.41) is 12.1. The number of benzene rings is 1. The number of nitrogens with zero attached hydrogens (tertiary/aromatic N) is 3. The number of anilines is 1. The van der Waals surface area contributed by atoms with Gasteiger partial charge in [0.25, 0.3) is 5.91 Å². The molecule has 31 heavy (non-hydrogen) atoms. The van der Waals surface area contributed by atoms with Gasteiger partial charge in [-0.2, -0.15) is 5.26 Å². The number of ether oxygens (including phenoxy) is 2. The molecule has 1 aliphatic rings. The van der Waals surface area contributed by atoms with E-state index in [0.717, 1.165) is 59.1 Å². The maximum absolute atomic E-state index is 12.3. The summed E-state index contributed by atoms with van der Waals surface area (Å²) in [4.78, 5) is 14.6. The highest BCUT2D eigenvalue weighted by atomic mass is 79.9. The van der Waals surface area contributed by atoms with Crippen molar-refractivity contribution in [3.8, 4) is 11.8 Å². The van der Waals surface area contributed by atoms with Gasteiger partial charge >= 0.3 is 0 Å². The molecule has 8 heteroatoms. The van der Waals surface area contributed by atoms with E-state index in [1.165, 1.54) is 0 Å². The fourth-order valence-electron chi connectivity index (χ4n) is 3.69. The maximum Gasteiger partial charge on any atom is 0.262 e. The van der Waals surface area contributed by atoms with E-state index in [4.69, 9.17) is 9.47 Å². The van der Waals surface area contributed by atoms with E-state index in [2.05, 4.69) is 48.9 Å². The van der Waals surface area contributed by atoms with E-state index in [9.17, 15) is 10.1 Å². The van der Waals surface area contributed by atoms with E-state index in [1.54, 1.807) is 13.2 Å². The third kappa shape index (κ3) is 5.37. The quantitative estimate of drug-likeness (QED) is 0.368. The van der Waals surface area contributed by atoms with E-state index >= 15 is 0 Å². The molecule has 164 valence electrons. The van der Waals surface area contributed by atoms with Crippen molar-refractivity contribution in [2.24, 2.45) is 0 Å². The molecule has 1 N–H and O–H groups in total. The van der Waals surface area contributed by atoms with Crippen LogP contribution in [0.5, 0.6) is 0 Å². The van der Waals surface area contributed by atoms with Crippen LogP contribution in [0.25, 0.3) is 11.8 Å². The first-order chi connectivity index (χ1) is 15.0. The topological polar surface area (TPSA) is 79.5 Å². The van der Waals surface area contributed by atoms with Crippen LogP contribution in [0.3, 0.4) is 0 Å². The molecule has 0 bridgehead atoms. The van der Waals surface area contributed by atoms with Gasteiger partial charge in [0.2, 0.25) is 0 Å². The van der Waals surface area contributed by atoms with Crippen molar-refractivity contribution in [1.29, 1.82) is 5.26 Å². The molecule has 1 aliphatic heterocycles. The minimum atomic E-state index is -0.401. The van der Waals surface area contributed by atoms with E-state index < -0.39 is 5.91 Å². The normalized spacial score (nSPS) is 14.4. The third-order valence-electron chi connectivity index (χ3n) is 5.27. The molecule has 1 aromatic carbocycles. The standard InChI is InChI=1S/C23H27BrN4O3/c1-16-12-18(13-19(15-25)23(29)26-6-9-30-3)17(2)28(16)20-4-5-22(21(24)14-20)27-7-10-31-11-8-27/h4-5,12-14H,6-11H2,1-3H3,(H,26,29). The fourth-order valence-corrected chi connectivity index (χ4v) is 4.31. The number of carbonyl (C=O) groups excluding carboxylic acids is 1. The van der Waals surface area contributed by atoms with E-state index in [0.29, 0.717) is 13.2 Å². The summed E-state index contributed by atoms with van der Waals surface area (Å²) in [7, 11) is 1.56.